The summed E-state index contributed by atoms with van der Waals surface area (Å²) in [6, 6.07) is 5.10. The lowest BCUT2D eigenvalue weighted by Gasteiger charge is -2.24. The summed E-state index contributed by atoms with van der Waals surface area (Å²) in [5, 5.41) is 25.5. The minimum absolute atomic E-state index is 0.0112. The van der Waals surface area contributed by atoms with Gasteiger partial charge in [-0.3, -0.25) is 15.2 Å². The maximum Gasteiger partial charge on any atom is 0.433 e. The average molecular weight is 386 g/mol. The summed E-state index contributed by atoms with van der Waals surface area (Å²) in [6.45, 7) is 0. The summed E-state index contributed by atoms with van der Waals surface area (Å²) in [4.78, 5) is 10.3. The van der Waals surface area contributed by atoms with E-state index in [-0.39, 0.29) is 16.2 Å². The van der Waals surface area contributed by atoms with E-state index in [4.69, 9.17) is 22.1 Å². The number of nitro benzene ring substituents is 1. The number of nitrogens with zero attached hydrogens (tertiary/aromatic N) is 3. The maximum atomic E-state index is 13.3. The van der Waals surface area contributed by atoms with Crippen molar-refractivity contribution in [2.75, 3.05) is 0 Å². The van der Waals surface area contributed by atoms with E-state index < -0.39 is 45.7 Å². The number of ether oxygens (including phenoxy) is 1. The molecule has 0 aliphatic carbocycles. The number of nitriles is 1. The number of hydrogen-bond acceptors (Lipinski definition) is 6. The first-order valence-corrected chi connectivity index (χ1v) is 7.19. The second kappa shape index (κ2) is 5.92. The monoisotopic (exact) mass is 385 g/mol. The molecule has 2 heterocycles. The number of nitrogens with one attached hydrogen (secondary N) is 1. The summed E-state index contributed by atoms with van der Waals surface area (Å²) in [6.07, 6.45) is -4.83. The Morgan fingerprint density at radius 1 is 1.46 bits per heavy atom. The van der Waals surface area contributed by atoms with E-state index in [2.05, 4.69) is 5.10 Å². The molecule has 8 nitrogen and oxygen atoms in total. The van der Waals surface area contributed by atoms with Crippen molar-refractivity contribution in [3.05, 3.63) is 61.6 Å². The number of allylic oxidation sites excluding steroid dienone is 1. The van der Waals surface area contributed by atoms with Crippen LogP contribution < -0.4 is 10.5 Å². The number of aromatic nitrogens is 2. The Balaban J connectivity index is 2.30. The van der Waals surface area contributed by atoms with Crippen LogP contribution in [-0.4, -0.2) is 15.1 Å². The first-order valence-electron chi connectivity index (χ1n) is 6.82. The third-order valence-corrected chi connectivity index (χ3v) is 4.04. The molecular formula is C14H7ClF3N5O3. The molecule has 2 aromatic rings. The van der Waals surface area contributed by atoms with Crippen LogP contribution in [0.25, 0.3) is 0 Å². The topological polar surface area (TPSA) is 131 Å². The van der Waals surface area contributed by atoms with E-state index in [0.29, 0.717) is 0 Å². The number of hydrogen-bond donors (Lipinski definition) is 2. The predicted molar refractivity (Wildman–Crippen MR) is 81.0 cm³/mol. The number of alkyl halides is 3. The molecule has 0 radical (unpaired) electrons. The number of halogens is 4. The number of nitrogens with two attached hydrogens (primary N) is 1. The van der Waals surface area contributed by atoms with Crippen molar-refractivity contribution in [1.29, 1.82) is 5.26 Å². The summed E-state index contributed by atoms with van der Waals surface area (Å²) >= 11 is 5.75. The molecule has 0 bridgehead atoms. The molecule has 3 rings (SSSR count). The minimum atomic E-state index is -4.83. The number of nitro groups is 1. The molecule has 0 amide bonds. The molecular weight excluding hydrogens is 379 g/mol. The SMILES string of the molecule is N#CC1=C(N)Oc2n[nH]c(C(F)(F)F)c2[C@@H]1c1ccc(Cl)c([N+](=O)[O-])c1. The highest BCUT2D eigenvalue weighted by Crippen LogP contribution is 2.47. The van der Waals surface area contributed by atoms with Crippen LogP contribution >= 0.6 is 11.6 Å². The highest BCUT2D eigenvalue weighted by atomic mass is 35.5. The van der Waals surface area contributed by atoms with E-state index in [9.17, 15) is 28.5 Å². The van der Waals surface area contributed by atoms with Gasteiger partial charge in [0.05, 0.1) is 16.4 Å². The minimum Gasteiger partial charge on any atom is -0.420 e. The smallest absolute Gasteiger partial charge is 0.420 e. The maximum absolute atomic E-state index is 13.3. The van der Waals surface area contributed by atoms with Crippen LogP contribution in [-0.2, 0) is 6.18 Å². The van der Waals surface area contributed by atoms with Gasteiger partial charge in [0.2, 0.25) is 11.8 Å². The second-order valence-electron chi connectivity index (χ2n) is 5.21. The number of aromatic amines is 1. The van der Waals surface area contributed by atoms with Gasteiger partial charge in [-0.2, -0.15) is 18.4 Å². The molecule has 1 aromatic heterocycles. The largest absolute Gasteiger partial charge is 0.433 e. The van der Waals surface area contributed by atoms with E-state index in [1.165, 1.54) is 6.07 Å². The number of fused-ring (bicyclic) bond motifs is 1. The van der Waals surface area contributed by atoms with E-state index >= 15 is 0 Å². The number of H-pyrrole nitrogens is 1. The Kier molecular flexibility index (Phi) is 4.00. The molecule has 3 N–H and O–H groups in total. The molecule has 0 spiro atoms. The lowest BCUT2D eigenvalue weighted by atomic mass is 9.83. The zero-order valence-corrected chi connectivity index (χ0v) is 13.2. The van der Waals surface area contributed by atoms with Gasteiger partial charge in [0, 0.05) is 6.07 Å². The fourth-order valence-corrected chi connectivity index (χ4v) is 2.83. The van der Waals surface area contributed by atoms with Crippen LogP contribution in [0, 0.1) is 21.4 Å². The van der Waals surface area contributed by atoms with Crippen molar-refractivity contribution in [1.82, 2.24) is 10.2 Å². The van der Waals surface area contributed by atoms with Crippen molar-refractivity contribution in [3.63, 3.8) is 0 Å². The normalized spacial score (nSPS) is 16.7. The Bertz CT molecular complexity index is 993. The van der Waals surface area contributed by atoms with Gasteiger partial charge in [0.25, 0.3) is 5.69 Å². The van der Waals surface area contributed by atoms with Crippen LogP contribution in [0.1, 0.15) is 22.7 Å². The molecule has 0 fully saturated rings. The zero-order chi connectivity index (χ0) is 19.2. The number of benzene rings is 1. The van der Waals surface area contributed by atoms with Crippen LogP contribution in [0.4, 0.5) is 18.9 Å². The van der Waals surface area contributed by atoms with Crippen LogP contribution in [0.15, 0.2) is 29.7 Å². The van der Waals surface area contributed by atoms with Crippen LogP contribution in [0.3, 0.4) is 0 Å². The van der Waals surface area contributed by atoms with Gasteiger partial charge in [-0.25, -0.2) is 0 Å². The lowest BCUT2D eigenvalue weighted by Crippen LogP contribution is -2.23. The van der Waals surface area contributed by atoms with E-state index in [1.807, 2.05) is 5.10 Å². The van der Waals surface area contributed by atoms with Gasteiger partial charge in [-0.05, 0) is 11.6 Å². The Labute approximate surface area is 147 Å². The predicted octanol–water partition coefficient (Wildman–Crippen LogP) is 3.21. The molecule has 0 saturated heterocycles. The molecule has 1 aromatic carbocycles. The highest BCUT2D eigenvalue weighted by molar-refractivity contribution is 6.32. The van der Waals surface area contributed by atoms with Gasteiger partial charge >= 0.3 is 6.18 Å². The van der Waals surface area contributed by atoms with Gasteiger partial charge < -0.3 is 10.5 Å². The standard InChI is InChI=1S/C14H7ClF3N5O3/c15-7-2-1-5(3-8(7)23(24)25)9-6(4-19)12(20)26-13-10(9)11(21-22-13)14(16,17)18/h1-3,9H,20H2,(H,21,22)/t9-/m1/s1. The molecule has 0 saturated carbocycles. The van der Waals surface area contributed by atoms with Gasteiger partial charge in [0.15, 0.2) is 0 Å². The van der Waals surface area contributed by atoms with Crippen LogP contribution in [0.5, 0.6) is 5.88 Å². The Morgan fingerprint density at radius 2 is 2.15 bits per heavy atom. The van der Waals surface area contributed by atoms with Crippen molar-refractivity contribution in [3.8, 4) is 11.9 Å². The first-order chi connectivity index (χ1) is 12.1. The third kappa shape index (κ3) is 2.70. The van der Waals surface area contributed by atoms with Crippen molar-refractivity contribution < 1.29 is 22.8 Å². The Hall–Kier alpha value is -3.26. The fourth-order valence-electron chi connectivity index (χ4n) is 2.64. The quantitative estimate of drug-likeness (QED) is 0.602. The third-order valence-electron chi connectivity index (χ3n) is 3.72. The Morgan fingerprint density at radius 3 is 2.73 bits per heavy atom. The summed E-state index contributed by atoms with van der Waals surface area (Å²) < 4.78 is 44.9. The van der Waals surface area contributed by atoms with E-state index in [1.54, 1.807) is 6.07 Å². The highest BCUT2D eigenvalue weighted by Gasteiger charge is 2.44. The molecule has 1 aliphatic rings. The van der Waals surface area contributed by atoms with E-state index in [0.717, 1.165) is 12.1 Å². The average Bonchev–Trinajstić information content (AvgIpc) is 2.97. The number of rotatable bonds is 2. The lowest BCUT2D eigenvalue weighted by molar-refractivity contribution is -0.384. The molecule has 1 aliphatic heterocycles. The molecule has 0 unspecified atom stereocenters. The van der Waals surface area contributed by atoms with Crippen LogP contribution in [0.2, 0.25) is 5.02 Å². The van der Waals surface area contributed by atoms with Gasteiger partial charge in [-0.15, -0.1) is 5.10 Å². The van der Waals surface area contributed by atoms with Gasteiger partial charge in [0.1, 0.15) is 22.4 Å². The van der Waals surface area contributed by atoms with Gasteiger partial charge in [-0.1, -0.05) is 17.7 Å². The second-order valence-corrected chi connectivity index (χ2v) is 5.62. The summed E-state index contributed by atoms with van der Waals surface area (Å²) in [5.74, 6) is -2.27. The molecule has 1 atom stereocenters. The van der Waals surface area contributed by atoms with Crippen molar-refractivity contribution in [2.24, 2.45) is 5.73 Å². The fraction of sp³-hybridized carbons (Fsp3) is 0.143. The summed E-state index contributed by atoms with van der Waals surface area (Å²) in [5.41, 5.74) is 3.05. The molecule has 134 valence electrons. The van der Waals surface area contributed by atoms with Crippen molar-refractivity contribution in [2.45, 2.75) is 12.1 Å². The summed E-state index contributed by atoms with van der Waals surface area (Å²) in [7, 11) is 0. The molecule has 26 heavy (non-hydrogen) atoms. The van der Waals surface area contributed by atoms with Crippen molar-refractivity contribution >= 4 is 17.3 Å². The first kappa shape index (κ1) is 17.6. The molecule has 12 heteroatoms. The zero-order valence-electron chi connectivity index (χ0n) is 12.5.